The van der Waals surface area contributed by atoms with Gasteiger partial charge in [-0.15, -0.1) is 6.42 Å². The standard InChI is InChI=1S/C24H24FN3O3/c1-6-24(4,5)28-19(30)10-15-9-18(29)21(22(15)31)20-13(2)7-16(8-14(20)3)23-26-11-17(25)12-27-23/h1,7-8,11-12,15,21H,9-10H2,2-5H3,(H,28,30). The Kier molecular flexibility index (Phi) is 6.03. The second kappa shape index (κ2) is 8.38. The Morgan fingerprint density at radius 3 is 2.35 bits per heavy atom. The van der Waals surface area contributed by atoms with Crippen LogP contribution in [-0.2, 0) is 14.4 Å². The minimum atomic E-state index is -0.901. The van der Waals surface area contributed by atoms with Gasteiger partial charge < -0.3 is 5.32 Å². The zero-order chi connectivity index (χ0) is 22.9. The molecule has 1 fully saturated rings. The van der Waals surface area contributed by atoms with Crippen LogP contribution in [0.5, 0.6) is 0 Å². The van der Waals surface area contributed by atoms with E-state index in [9.17, 15) is 18.8 Å². The first kappa shape index (κ1) is 22.3. The Morgan fingerprint density at radius 2 is 1.81 bits per heavy atom. The van der Waals surface area contributed by atoms with E-state index in [-0.39, 0.29) is 30.3 Å². The number of benzene rings is 1. The molecule has 0 spiro atoms. The zero-order valence-electron chi connectivity index (χ0n) is 18.0. The van der Waals surface area contributed by atoms with Gasteiger partial charge in [0.05, 0.1) is 17.9 Å². The number of nitrogens with zero attached hydrogens (tertiary/aromatic N) is 2. The molecule has 1 amide bonds. The maximum absolute atomic E-state index is 13.1. The molecule has 160 valence electrons. The molecule has 31 heavy (non-hydrogen) atoms. The van der Waals surface area contributed by atoms with E-state index in [4.69, 9.17) is 6.42 Å². The van der Waals surface area contributed by atoms with Crippen LogP contribution in [0.25, 0.3) is 11.4 Å². The van der Waals surface area contributed by atoms with Crippen molar-refractivity contribution in [1.29, 1.82) is 0 Å². The third-order valence-corrected chi connectivity index (χ3v) is 5.46. The number of halogens is 1. The number of rotatable bonds is 5. The maximum Gasteiger partial charge on any atom is 0.221 e. The molecular formula is C24H24FN3O3. The third-order valence-electron chi connectivity index (χ3n) is 5.46. The quantitative estimate of drug-likeness (QED) is 0.592. The summed E-state index contributed by atoms with van der Waals surface area (Å²) in [4.78, 5) is 46.1. The Hall–Kier alpha value is -3.40. The van der Waals surface area contributed by atoms with Crippen LogP contribution < -0.4 is 5.32 Å². The number of hydrogen-bond acceptors (Lipinski definition) is 5. The molecule has 1 heterocycles. The van der Waals surface area contributed by atoms with E-state index in [2.05, 4.69) is 21.2 Å². The fourth-order valence-corrected chi connectivity index (χ4v) is 4.01. The second-order valence-electron chi connectivity index (χ2n) is 8.47. The average molecular weight is 421 g/mol. The summed E-state index contributed by atoms with van der Waals surface area (Å²) in [5, 5.41) is 2.70. The molecule has 6 nitrogen and oxygen atoms in total. The fraction of sp³-hybridized carbons (Fsp3) is 0.375. The maximum atomic E-state index is 13.1. The highest BCUT2D eigenvalue weighted by molar-refractivity contribution is 6.15. The van der Waals surface area contributed by atoms with Crippen molar-refractivity contribution in [2.45, 2.75) is 52.0 Å². The van der Waals surface area contributed by atoms with Crippen molar-refractivity contribution >= 4 is 17.5 Å². The van der Waals surface area contributed by atoms with Gasteiger partial charge in [-0.3, -0.25) is 14.4 Å². The van der Waals surface area contributed by atoms with Gasteiger partial charge in [0.1, 0.15) is 11.7 Å². The van der Waals surface area contributed by atoms with Crippen LogP contribution in [0.2, 0.25) is 0 Å². The number of hydrogen-bond donors (Lipinski definition) is 1. The predicted molar refractivity (Wildman–Crippen MR) is 113 cm³/mol. The number of ketones is 2. The van der Waals surface area contributed by atoms with Crippen LogP contribution in [0.15, 0.2) is 24.5 Å². The zero-order valence-corrected chi connectivity index (χ0v) is 18.0. The highest BCUT2D eigenvalue weighted by Crippen LogP contribution is 2.38. The average Bonchev–Trinajstić information content (AvgIpc) is 2.95. The topological polar surface area (TPSA) is 89.0 Å². The number of amides is 1. The van der Waals surface area contributed by atoms with Gasteiger partial charge in [0.25, 0.3) is 0 Å². The van der Waals surface area contributed by atoms with Gasteiger partial charge in [-0.1, -0.05) is 5.92 Å². The molecule has 1 aromatic heterocycles. The second-order valence-corrected chi connectivity index (χ2v) is 8.47. The summed E-state index contributed by atoms with van der Waals surface area (Å²) in [5.74, 6) is -0.0858. The molecular weight excluding hydrogens is 397 g/mol. The Bertz CT molecular complexity index is 1080. The molecule has 2 unspecified atom stereocenters. The lowest BCUT2D eigenvalue weighted by atomic mass is 9.86. The van der Waals surface area contributed by atoms with Crippen LogP contribution in [0, 0.1) is 37.9 Å². The number of nitrogens with one attached hydrogen (secondary N) is 1. The van der Waals surface area contributed by atoms with E-state index in [0.717, 1.165) is 23.5 Å². The largest absolute Gasteiger partial charge is 0.340 e. The molecule has 1 saturated carbocycles. The molecule has 0 bridgehead atoms. The van der Waals surface area contributed by atoms with E-state index in [1.54, 1.807) is 26.0 Å². The minimum absolute atomic E-state index is 0.0229. The summed E-state index contributed by atoms with van der Waals surface area (Å²) >= 11 is 0. The first-order chi connectivity index (χ1) is 14.5. The third kappa shape index (κ3) is 4.69. The van der Waals surface area contributed by atoms with E-state index < -0.39 is 23.2 Å². The molecule has 1 aliphatic carbocycles. The number of aryl methyl sites for hydroxylation is 2. The number of aromatic nitrogens is 2. The minimum Gasteiger partial charge on any atom is -0.340 e. The molecule has 2 aromatic rings. The lowest BCUT2D eigenvalue weighted by Gasteiger charge is -2.20. The van der Waals surface area contributed by atoms with E-state index in [1.807, 2.05) is 13.8 Å². The van der Waals surface area contributed by atoms with Gasteiger partial charge >= 0.3 is 0 Å². The number of carbonyl (C=O) groups excluding carboxylic acids is 3. The van der Waals surface area contributed by atoms with Crippen LogP contribution in [0.3, 0.4) is 0 Å². The van der Waals surface area contributed by atoms with Crippen LogP contribution in [0.1, 0.15) is 49.3 Å². The SMILES string of the molecule is C#CC(C)(C)NC(=O)CC1CC(=O)C(c2c(C)cc(-c3ncc(F)cn3)cc2C)C1=O. The monoisotopic (exact) mass is 421 g/mol. The summed E-state index contributed by atoms with van der Waals surface area (Å²) in [6.45, 7) is 7.00. The number of terminal acetylenes is 1. The molecule has 0 radical (unpaired) electrons. The van der Waals surface area contributed by atoms with Gasteiger partial charge in [-0.25, -0.2) is 14.4 Å². The fourth-order valence-electron chi connectivity index (χ4n) is 4.01. The molecule has 0 aliphatic heterocycles. The summed E-state index contributed by atoms with van der Waals surface area (Å²) < 4.78 is 13.1. The number of carbonyl (C=O) groups is 3. The first-order valence-electron chi connectivity index (χ1n) is 9.96. The summed E-state index contributed by atoms with van der Waals surface area (Å²) in [6.07, 6.45) is 7.51. The molecule has 1 aromatic carbocycles. The van der Waals surface area contributed by atoms with Crippen molar-refractivity contribution in [2.24, 2.45) is 5.92 Å². The summed E-state index contributed by atoms with van der Waals surface area (Å²) in [6, 6.07) is 3.57. The van der Waals surface area contributed by atoms with E-state index in [1.165, 1.54) is 0 Å². The first-order valence-corrected chi connectivity index (χ1v) is 9.96. The highest BCUT2D eigenvalue weighted by Gasteiger charge is 2.44. The van der Waals surface area contributed by atoms with Gasteiger partial charge in [0.2, 0.25) is 5.91 Å². The normalized spacial score (nSPS) is 18.7. The Morgan fingerprint density at radius 1 is 1.23 bits per heavy atom. The number of Topliss-reactive ketones (excluding diaryl/α,β-unsaturated/α-hetero) is 2. The van der Waals surface area contributed by atoms with Gasteiger partial charge in [-0.2, -0.15) is 0 Å². The molecule has 0 saturated heterocycles. The van der Waals surface area contributed by atoms with Crippen LogP contribution >= 0.6 is 0 Å². The van der Waals surface area contributed by atoms with Crippen molar-refractivity contribution in [3.63, 3.8) is 0 Å². The smallest absolute Gasteiger partial charge is 0.221 e. The van der Waals surface area contributed by atoms with Crippen molar-refractivity contribution in [2.75, 3.05) is 0 Å². The van der Waals surface area contributed by atoms with E-state index in [0.29, 0.717) is 17.0 Å². The summed E-state index contributed by atoms with van der Waals surface area (Å²) in [7, 11) is 0. The molecule has 2 atom stereocenters. The van der Waals surface area contributed by atoms with Crippen molar-refractivity contribution in [3.05, 3.63) is 47.0 Å². The van der Waals surface area contributed by atoms with Crippen molar-refractivity contribution in [1.82, 2.24) is 15.3 Å². The summed E-state index contributed by atoms with van der Waals surface area (Å²) in [5.41, 5.74) is 1.98. The molecule has 1 N–H and O–H groups in total. The lowest BCUT2D eigenvalue weighted by molar-refractivity contribution is -0.129. The Balaban J connectivity index is 1.85. The van der Waals surface area contributed by atoms with Gasteiger partial charge in [0, 0.05) is 24.3 Å². The lowest BCUT2D eigenvalue weighted by Crippen LogP contribution is -2.43. The van der Waals surface area contributed by atoms with Crippen molar-refractivity contribution < 1.29 is 18.8 Å². The Labute approximate surface area is 180 Å². The van der Waals surface area contributed by atoms with Crippen molar-refractivity contribution in [3.8, 4) is 23.7 Å². The highest BCUT2D eigenvalue weighted by atomic mass is 19.1. The molecule has 1 aliphatic rings. The van der Waals surface area contributed by atoms with Gasteiger partial charge in [0.15, 0.2) is 17.4 Å². The van der Waals surface area contributed by atoms with Crippen LogP contribution in [0.4, 0.5) is 4.39 Å². The molecule has 7 heteroatoms. The predicted octanol–water partition coefficient (Wildman–Crippen LogP) is 3.06. The van der Waals surface area contributed by atoms with Gasteiger partial charge in [-0.05, 0) is 56.5 Å². The van der Waals surface area contributed by atoms with Crippen LogP contribution in [-0.4, -0.2) is 33.0 Å². The molecule has 3 rings (SSSR count). The van der Waals surface area contributed by atoms with E-state index >= 15 is 0 Å².